The van der Waals surface area contributed by atoms with E-state index in [1.54, 1.807) is 7.11 Å². The lowest BCUT2D eigenvalue weighted by Crippen LogP contribution is -2.23. The summed E-state index contributed by atoms with van der Waals surface area (Å²) < 4.78 is 5.50. The summed E-state index contributed by atoms with van der Waals surface area (Å²) in [5, 5.41) is 4.26. The Hall–Kier alpha value is -0.730. The van der Waals surface area contributed by atoms with Crippen LogP contribution in [0.25, 0.3) is 0 Å². The van der Waals surface area contributed by atoms with Gasteiger partial charge in [0.15, 0.2) is 0 Å². The zero-order valence-corrected chi connectivity index (χ0v) is 12.4. The van der Waals surface area contributed by atoms with Gasteiger partial charge in [0, 0.05) is 16.6 Å². The zero-order valence-electron chi connectivity index (χ0n) is 11.6. The SMILES string of the molecule is CNC1CC(C)(C)CCc2c(OC)ccc(Cl)c21. The van der Waals surface area contributed by atoms with Crippen LogP contribution in [-0.2, 0) is 6.42 Å². The van der Waals surface area contributed by atoms with Crippen molar-refractivity contribution in [1.82, 2.24) is 5.32 Å². The van der Waals surface area contributed by atoms with Crippen molar-refractivity contribution in [2.24, 2.45) is 5.41 Å². The molecule has 0 saturated heterocycles. The summed E-state index contributed by atoms with van der Waals surface area (Å²) in [6.45, 7) is 4.65. The number of rotatable bonds is 2. The molecule has 0 saturated carbocycles. The number of fused-ring (bicyclic) bond motifs is 1. The van der Waals surface area contributed by atoms with Crippen LogP contribution in [0.2, 0.25) is 5.02 Å². The minimum atomic E-state index is 0.306. The number of hydrogen-bond acceptors (Lipinski definition) is 2. The summed E-state index contributed by atoms with van der Waals surface area (Å²) in [5.74, 6) is 0.965. The molecule has 0 radical (unpaired) electrons. The van der Waals surface area contributed by atoms with Gasteiger partial charge in [-0.1, -0.05) is 25.4 Å². The molecule has 1 atom stereocenters. The molecular weight excluding hydrogens is 246 g/mol. The quantitative estimate of drug-likeness (QED) is 0.819. The van der Waals surface area contributed by atoms with Crippen LogP contribution in [0, 0.1) is 5.41 Å². The van der Waals surface area contributed by atoms with Gasteiger partial charge < -0.3 is 10.1 Å². The van der Waals surface area contributed by atoms with E-state index in [-0.39, 0.29) is 0 Å². The van der Waals surface area contributed by atoms with E-state index in [4.69, 9.17) is 16.3 Å². The number of ether oxygens (including phenoxy) is 1. The van der Waals surface area contributed by atoms with E-state index in [1.807, 2.05) is 19.2 Å². The maximum atomic E-state index is 6.41. The smallest absolute Gasteiger partial charge is 0.122 e. The highest BCUT2D eigenvalue weighted by molar-refractivity contribution is 6.31. The lowest BCUT2D eigenvalue weighted by Gasteiger charge is -2.27. The summed E-state index contributed by atoms with van der Waals surface area (Å²) in [6, 6.07) is 4.23. The average molecular weight is 268 g/mol. The highest BCUT2D eigenvalue weighted by atomic mass is 35.5. The van der Waals surface area contributed by atoms with E-state index < -0.39 is 0 Å². The van der Waals surface area contributed by atoms with Gasteiger partial charge in [0.05, 0.1) is 7.11 Å². The Morgan fingerprint density at radius 3 is 2.72 bits per heavy atom. The Kier molecular flexibility index (Phi) is 3.88. The van der Waals surface area contributed by atoms with E-state index in [2.05, 4.69) is 19.2 Å². The van der Waals surface area contributed by atoms with Crippen molar-refractivity contribution in [3.8, 4) is 5.75 Å². The third-order valence-corrected chi connectivity index (χ3v) is 4.32. The molecule has 1 aromatic rings. The van der Waals surface area contributed by atoms with Crippen LogP contribution in [0.5, 0.6) is 5.75 Å². The molecule has 2 nitrogen and oxygen atoms in total. The Labute approximate surface area is 115 Å². The van der Waals surface area contributed by atoms with Crippen LogP contribution < -0.4 is 10.1 Å². The normalized spacial score (nSPS) is 22.2. The monoisotopic (exact) mass is 267 g/mol. The molecule has 1 aliphatic rings. The molecular formula is C15H22ClNO. The zero-order chi connectivity index (χ0) is 13.3. The predicted octanol–water partition coefficient (Wildman–Crippen LogP) is 3.97. The first-order valence-corrected chi connectivity index (χ1v) is 6.89. The molecule has 3 heteroatoms. The second kappa shape index (κ2) is 5.10. The second-order valence-electron chi connectivity index (χ2n) is 5.85. The van der Waals surface area contributed by atoms with Crippen molar-refractivity contribution in [1.29, 1.82) is 0 Å². The first-order valence-electron chi connectivity index (χ1n) is 6.51. The van der Waals surface area contributed by atoms with Gasteiger partial charge in [0.2, 0.25) is 0 Å². The van der Waals surface area contributed by atoms with E-state index in [9.17, 15) is 0 Å². The van der Waals surface area contributed by atoms with Gasteiger partial charge in [0.25, 0.3) is 0 Å². The molecule has 0 spiro atoms. The van der Waals surface area contributed by atoms with Crippen LogP contribution in [0.4, 0.5) is 0 Å². The molecule has 0 bridgehead atoms. The number of halogens is 1. The standard InChI is InChI=1S/C15H22ClNO/c1-15(2)8-7-10-13(18-4)6-5-11(16)14(10)12(9-15)17-3/h5-6,12,17H,7-9H2,1-4H3. The summed E-state index contributed by atoms with van der Waals surface area (Å²) in [7, 11) is 3.74. The van der Waals surface area contributed by atoms with Crippen LogP contribution in [0.15, 0.2) is 12.1 Å². The highest BCUT2D eigenvalue weighted by Crippen LogP contribution is 2.44. The highest BCUT2D eigenvalue weighted by Gasteiger charge is 2.31. The summed E-state index contributed by atoms with van der Waals surface area (Å²) in [6.07, 6.45) is 3.29. The molecule has 0 aliphatic heterocycles. The van der Waals surface area contributed by atoms with Crippen LogP contribution in [0.1, 0.15) is 43.9 Å². The molecule has 1 unspecified atom stereocenters. The fourth-order valence-electron chi connectivity index (χ4n) is 2.91. The number of benzene rings is 1. The van der Waals surface area contributed by atoms with Crippen molar-refractivity contribution in [2.75, 3.05) is 14.2 Å². The summed E-state index contributed by atoms with van der Waals surface area (Å²) in [5.41, 5.74) is 2.82. The number of hydrogen-bond donors (Lipinski definition) is 1. The lowest BCUT2D eigenvalue weighted by atomic mass is 9.83. The Morgan fingerprint density at radius 2 is 2.11 bits per heavy atom. The van der Waals surface area contributed by atoms with Gasteiger partial charge in [-0.05, 0) is 49.4 Å². The lowest BCUT2D eigenvalue weighted by molar-refractivity contribution is 0.279. The van der Waals surface area contributed by atoms with Gasteiger partial charge >= 0.3 is 0 Å². The van der Waals surface area contributed by atoms with Gasteiger partial charge in [-0.15, -0.1) is 0 Å². The van der Waals surface area contributed by atoms with Gasteiger partial charge in [-0.3, -0.25) is 0 Å². The average Bonchev–Trinajstić information content (AvgIpc) is 2.47. The fourth-order valence-corrected chi connectivity index (χ4v) is 3.22. The van der Waals surface area contributed by atoms with Gasteiger partial charge in [-0.25, -0.2) is 0 Å². The first kappa shape index (κ1) is 13.7. The molecule has 0 heterocycles. The number of nitrogens with one attached hydrogen (secondary N) is 1. The fraction of sp³-hybridized carbons (Fsp3) is 0.600. The molecule has 100 valence electrons. The van der Waals surface area contributed by atoms with Gasteiger partial charge in [0.1, 0.15) is 5.75 Å². The molecule has 2 rings (SSSR count). The minimum Gasteiger partial charge on any atom is -0.496 e. The largest absolute Gasteiger partial charge is 0.496 e. The van der Waals surface area contributed by atoms with Crippen LogP contribution in [0.3, 0.4) is 0 Å². The van der Waals surface area contributed by atoms with Crippen molar-refractivity contribution in [3.63, 3.8) is 0 Å². The molecule has 1 aliphatic carbocycles. The molecule has 0 amide bonds. The third kappa shape index (κ3) is 2.50. The van der Waals surface area contributed by atoms with E-state index in [1.165, 1.54) is 11.1 Å². The first-order chi connectivity index (χ1) is 8.48. The Bertz CT molecular complexity index is 442. The molecule has 0 aromatic heterocycles. The van der Waals surface area contributed by atoms with Crippen molar-refractivity contribution < 1.29 is 4.74 Å². The number of methoxy groups -OCH3 is 1. The topological polar surface area (TPSA) is 21.3 Å². The molecule has 1 N–H and O–H groups in total. The van der Waals surface area contributed by atoms with Crippen molar-refractivity contribution >= 4 is 11.6 Å². The van der Waals surface area contributed by atoms with Crippen LogP contribution in [-0.4, -0.2) is 14.2 Å². The minimum absolute atomic E-state index is 0.306. The third-order valence-electron chi connectivity index (χ3n) is 3.99. The van der Waals surface area contributed by atoms with E-state index >= 15 is 0 Å². The molecule has 1 aromatic carbocycles. The summed E-state index contributed by atoms with van der Waals surface area (Å²) >= 11 is 6.41. The maximum Gasteiger partial charge on any atom is 0.122 e. The van der Waals surface area contributed by atoms with Crippen LogP contribution >= 0.6 is 11.6 Å². The van der Waals surface area contributed by atoms with E-state index in [0.29, 0.717) is 11.5 Å². The van der Waals surface area contributed by atoms with Crippen molar-refractivity contribution in [3.05, 3.63) is 28.3 Å². The van der Waals surface area contributed by atoms with E-state index in [0.717, 1.165) is 30.0 Å². The Morgan fingerprint density at radius 1 is 1.39 bits per heavy atom. The van der Waals surface area contributed by atoms with Crippen molar-refractivity contribution in [2.45, 2.75) is 39.2 Å². The predicted molar refractivity (Wildman–Crippen MR) is 76.5 cm³/mol. The molecule has 0 fully saturated rings. The Balaban J connectivity index is 2.55. The second-order valence-corrected chi connectivity index (χ2v) is 6.26. The maximum absolute atomic E-state index is 6.41. The molecule has 18 heavy (non-hydrogen) atoms. The van der Waals surface area contributed by atoms with Gasteiger partial charge in [-0.2, -0.15) is 0 Å². The summed E-state index contributed by atoms with van der Waals surface area (Å²) in [4.78, 5) is 0.